The van der Waals surface area contributed by atoms with E-state index in [2.05, 4.69) is 16.8 Å². The zero-order chi connectivity index (χ0) is 24.6. The van der Waals surface area contributed by atoms with E-state index in [0.29, 0.717) is 18.4 Å². The van der Waals surface area contributed by atoms with Gasteiger partial charge in [0.25, 0.3) is 0 Å². The predicted octanol–water partition coefficient (Wildman–Crippen LogP) is 6.17. The van der Waals surface area contributed by atoms with Crippen LogP contribution in [0.2, 0.25) is 0 Å². The zero-order valence-corrected chi connectivity index (χ0v) is 22.2. The first-order valence-corrected chi connectivity index (χ1v) is 14.2. The highest BCUT2D eigenvalue weighted by Crippen LogP contribution is 2.34. The number of allylic oxidation sites excluding steroid dienone is 1. The number of benzene rings is 1. The van der Waals surface area contributed by atoms with Gasteiger partial charge in [-0.3, -0.25) is 4.79 Å². The standard InChI is InChI=1S/C29H41N3O2S/c1-3-16-32(24-12-14-27-28(20-24)35-29(30)31-27)17-15-21-7-9-23(10-8-21)18-25(33)13-11-22-5-4-6-26(19-22)34-2/h4-6,11,13,19,21,23-24H,3,7-10,12,14-18,20H2,1-2H3,(H2,30,31). The minimum atomic E-state index is 0.241. The third-order valence-corrected chi connectivity index (χ3v) is 8.74. The molecule has 1 aromatic carbocycles. The van der Waals surface area contributed by atoms with E-state index < -0.39 is 0 Å². The molecule has 1 saturated carbocycles. The largest absolute Gasteiger partial charge is 0.497 e. The van der Waals surface area contributed by atoms with E-state index in [9.17, 15) is 4.79 Å². The first kappa shape index (κ1) is 25.9. The fourth-order valence-electron chi connectivity index (χ4n) is 5.81. The number of hydrogen-bond acceptors (Lipinski definition) is 6. The second kappa shape index (κ2) is 12.7. The monoisotopic (exact) mass is 495 g/mol. The summed E-state index contributed by atoms with van der Waals surface area (Å²) in [5, 5.41) is 0.726. The van der Waals surface area contributed by atoms with Crippen LogP contribution in [-0.4, -0.2) is 41.9 Å². The number of anilines is 1. The Hall–Kier alpha value is -2.18. The van der Waals surface area contributed by atoms with Crippen molar-refractivity contribution in [2.24, 2.45) is 11.8 Å². The Morgan fingerprint density at radius 3 is 2.77 bits per heavy atom. The smallest absolute Gasteiger partial charge is 0.180 e. The van der Waals surface area contributed by atoms with Gasteiger partial charge in [-0.1, -0.05) is 38.0 Å². The number of nitrogens with zero attached hydrogens (tertiary/aromatic N) is 2. The molecule has 0 spiro atoms. The molecule has 5 nitrogen and oxygen atoms in total. The highest BCUT2D eigenvalue weighted by molar-refractivity contribution is 7.15. The van der Waals surface area contributed by atoms with Gasteiger partial charge in [-0.25, -0.2) is 4.98 Å². The number of aromatic nitrogens is 1. The Balaban J connectivity index is 1.19. The van der Waals surface area contributed by atoms with Crippen LogP contribution < -0.4 is 10.5 Å². The molecule has 0 saturated heterocycles. The summed E-state index contributed by atoms with van der Waals surface area (Å²) in [6.45, 7) is 4.66. The van der Waals surface area contributed by atoms with Crippen LogP contribution in [0.15, 0.2) is 30.3 Å². The quantitative estimate of drug-likeness (QED) is 0.377. The summed E-state index contributed by atoms with van der Waals surface area (Å²) in [7, 11) is 1.66. The van der Waals surface area contributed by atoms with Crippen LogP contribution in [0.5, 0.6) is 5.75 Å². The van der Waals surface area contributed by atoms with Gasteiger partial charge in [0.05, 0.1) is 12.8 Å². The Morgan fingerprint density at radius 1 is 1.20 bits per heavy atom. The molecule has 4 rings (SSSR count). The number of fused-ring (bicyclic) bond motifs is 1. The highest BCUT2D eigenvalue weighted by atomic mass is 32.1. The van der Waals surface area contributed by atoms with E-state index in [0.717, 1.165) is 35.2 Å². The fourth-order valence-corrected chi connectivity index (χ4v) is 6.76. The molecule has 1 unspecified atom stereocenters. The molecule has 0 amide bonds. The number of hydrogen-bond donors (Lipinski definition) is 1. The molecule has 0 bridgehead atoms. The van der Waals surface area contributed by atoms with Gasteiger partial charge >= 0.3 is 0 Å². The normalized spacial score (nSPS) is 22.4. The van der Waals surface area contributed by atoms with Crippen LogP contribution in [0.3, 0.4) is 0 Å². The Kier molecular flexibility index (Phi) is 9.38. The number of nitrogens with two attached hydrogens (primary N) is 1. The van der Waals surface area contributed by atoms with Crippen molar-refractivity contribution < 1.29 is 9.53 Å². The lowest BCUT2D eigenvalue weighted by Crippen LogP contribution is -2.41. The van der Waals surface area contributed by atoms with Gasteiger partial charge in [0.15, 0.2) is 10.9 Å². The molecule has 2 N–H and O–H groups in total. The minimum Gasteiger partial charge on any atom is -0.497 e. The Morgan fingerprint density at radius 2 is 2.00 bits per heavy atom. The van der Waals surface area contributed by atoms with Crippen LogP contribution in [0.1, 0.15) is 74.4 Å². The van der Waals surface area contributed by atoms with Gasteiger partial charge in [-0.2, -0.15) is 0 Å². The summed E-state index contributed by atoms with van der Waals surface area (Å²) >= 11 is 1.69. The molecule has 6 heteroatoms. The van der Waals surface area contributed by atoms with Crippen molar-refractivity contribution in [2.75, 3.05) is 25.9 Å². The number of aryl methyl sites for hydroxylation is 1. The van der Waals surface area contributed by atoms with Crippen LogP contribution in [0.25, 0.3) is 6.08 Å². The summed E-state index contributed by atoms with van der Waals surface area (Å²) in [4.78, 5) is 21.2. The number of nitrogen functional groups attached to an aromatic ring is 1. The lowest BCUT2D eigenvalue weighted by molar-refractivity contribution is -0.115. The van der Waals surface area contributed by atoms with Gasteiger partial charge in [0.1, 0.15) is 5.75 Å². The number of thiazole rings is 1. The summed E-state index contributed by atoms with van der Waals surface area (Å²) in [5.74, 6) is 2.39. The van der Waals surface area contributed by atoms with Crippen molar-refractivity contribution in [2.45, 2.75) is 77.2 Å². The lowest BCUT2D eigenvalue weighted by atomic mass is 9.78. The van der Waals surface area contributed by atoms with Crippen molar-refractivity contribution in [3.05, 3.63) is 46.5 Å². The number of rotatable bonds is 11. The second-order valence-electron chi connectivity index (χ2n) is 10.3. The maximum atomic E-state index is 12.5. The summed E-state index contributed by atoms with van der Waals surface area (Å²) in [6, 6.07) is 8.45. The third kappa shape index (κ3) is 7.40. The molecular weight excluding hydrogens is 454 g/mol. The van der Waals surface area contributed by atoms with Crippen molar-refractivity contribution in [3.63, 3.8) is 0 Å². The average molecular weight is 496 g/mol. The van der Waals surface area contributed by atoms with Gasteiger partial charge in [-0.05, 0) is 93.6 Å². The van der Waals surface area contributed by atoms with Crippen molar-refractivity contribution in [1.29, 1.82) is 0 Å². The SMILES string of the molecule is CCCN(CCC1CCC(CC(=O)C=Cc2cccc(OC)c2)CC1)C1CCc2nc(N)sc2C1. The molecule has 2 aromatic rings. The zero-order valence-electron chi connectivity index (χ0n) is 21.4. The molecule has 2 aliphatic carbocycles. The topological polar surface area (TPSA) is 68.5 Å². The molecule has 1 atom stereocenters. The van der Waals surface area contributed by atoms with E-state index >= 15 is 0 Å². The number of methoxy groups -OCH3 is 1. The first-order valence-electron chi connectivity index (χ1n) is 13.4. The van der Waals surface area contributed by atoms with Crippen molar-refractivity contribution >= 4 is 28.3 Å². The Labute approximate surface area is 214 Å². The number of carbonyl (C=O) groups is 1. The third-order valence-electron chi connectivity index (χ3n) is 7.79. The minimum absolute atomic E-state index is 0.241. The first-order chi connectivity index (χ1) is 17.0. The fraction of sp³-hybridized carbons (Fsp3) is 0.586. The van der Waals surface area contributed by atoms with Gasteiger partial charge < -0.3 is 15.4 Å². The molecule has 35 heavy (non-hydrogen) atoms. The van der Waals surface area contributed by atoms with Crippen LogP contribution >= 0.6 is 11.3 Å². The molecule has 1 aromatic heterocycles. The van der Waals surface area contributed by atoms with E-state index in [-0.39, 0.29) is 5.78 Å². The van der Waals surface area contributed by atoms with Crippen LogP contribution in [-0.2, 0) is 17.6 Å². The van der Waals surface area contributed by atoms with Crippen LogP contribution in [0.4, 0.5) is 5.13 Å². The second-order valence-corrected chi connectivity index (χ2v) is 11.4. The number of ketones is 1. The van der Waals surface area contributed by atoms with E-state index in [1.54, 1.807) is 24.5 Å². The number of ether oxygens (including phenoxy) is 1. The Bertz CT molecular complexity index is 994. The molecule has 0 radical (unpaired) electrons. The molecule has 1 heterocycles. The van der Waals surface area contributed by atoms with Gasteiger partial charge in [0, 0.05) is 17.3 Å². The van der Waals surface area contributed by atoms with Gasteiger partial charge in [0.2, 0.25) is 0 Å². The predicted molar refractivity (Wildman–Crippen MR) is 146 cm³/mol. The molecule has 190 valence electrons. The van der Waals surface area contributed by atoms with E-state index in [1.165, 1.54) is 68.6 Å². The molecule has 0 aliphatic heterocycles. The summed E-state index contributed by atoms with van der Waals surface area (Å²) in [6.07, 6.45) is 15.1. The van der Waals surface area contributed by atoms with E-state index in [1.807, 2.05) is 30.3 Å². The van der Waals surface area contributed by atoms with Crippen molar-refractivity contribution in [3.8, 4) is 5.75 Å². The maximum Gasteiger partial charge on any atom is 0.180 e. The van der Waals surface area contributed by atoms with Gasteiger partial charge in [-0.15, -0.1) is 11.3 Å². The average Bonchev–Trinajstić information content (AvgIpc) is 3.25. The lowest BCUT2D eigenvalue weighted by Gasteiger charge is -2.36. The molecular formula is C29H41N3O2S. The summed E-state index contributed by atoms with van der Waals surface area (Å²) in [5.41, 5.74) is 8.20. The highest BCUT2D eigenvalue weighted by Gasteiger charge is 2.28. The van der Waals surface area contributed by atoms with E-state index in [4.69, 9.17) is 10.5 Å². The maximum absolute atomic E-state index is 12.5. The molecule has 1 fully saturated rings. The van der Waals surface area contributed by atoms with Crippen LogP contribution in [0, 0.1) is 11.8 Å². The summed E-state index contributed by atoms with van der Waals surface area (Å²) < 4.78 is 5.26. The number of carbonyl (C=O) groups excluding carboxylic acids is 1. The molecule has 2 aliphatic rings. The van der Waals surface area contributed by atoms with Crippen molar-refractivity contribution in [1.82, 2.24) is 9.88 Å².